The first-order valence-electron chi connectivity index (χ1n) is 7.49. The topological polar surface area (TPSA) is 78.8 Å². The molecule has 0 fully saturated rings. The van der Waals surface area contributed by atoms with Crippen LogP contribution in [-0.4, -0.2) is 32.8 Å². The molecule has 138 valence electrons. The van der Waals surface area contributed by atoms with E-state index in [9.17, 15) is 17.6 Å². The number of hydrogen-bond donors (Lipinski definition) is 1. The van der Waals surface area contributed by atoms with Crippen LogP contribution in [0.3, 0.4) is 0 Å². The molecule has 1 amide bonds. The van der Waals surface area contributed by atoms with Crippen LogP contribution in [-0.2, 0) is 14.8 Å². The van der Waals surface area contributed by atoms with Crippen LogP contribution < -0.4 is 9.73 Å². The number of anilines is 1. The summed E-state index contributed by atoms with van der Waals surface area (Å²) in [6.07, 6.45) is 0.950. The van der Waals surface area contributed by atoms with Gasteiger partial charge in [-0.25, -0.2) is 18.2 Å². The van der Waals surface area contributed by atoms with Crippen molar-refractivity contribution in [3.63, 3.8) is 0 Å². The molecule has 2 rings (SSSR count). The second-order valence-corrected chi connectivity index (χ2v) is 8.64. The van der Waals surface area contributed by atoms with Crippen molar-refractivity contribution in [1.82, 2.24) is 5.43 Å². The summed E-state index contributed by atoms with van der Waals surface area (Å²) in [5.74, 6) is -1.23. The molecule has 6 nitrogen and oxygen atoms in total. The minimum atomic E-state index is -3.77. The molecular formula is C17H17FIN3O3S. The molecule has 0 unspecified atom stereocenters. The lowest BCUT2D eigenvalue weighted by molar-refractivity contribution is -0.119. The maximum atomic E-state index is 13.4. The Balaban J connectivity index is 2.12. The van der Waals surface area contributed by atoms with Crippen LogP contribution in [0.2, 0.25) is 0 Å². The Kier molecular flexibility index (Phi) is 6.70. The third-order valence-electron chi connectivity index (χ3n) is 3.39. The van der Waals surface area contributed by atoms with Crippen LogP contribution in [0.4, 0.5) is 10.1 Å². The van der Waals surface area contributed by atoms with Crippen molar-refractivity contribution in [2.45, 2.75) is 6.92 Å². The normalized spacial score (nSPS) is 11.9. The quantitative estimate of drug-likeness (QED) is 0.385. The Bertz CT molecular complexity index is 931. The average Bonchev–Trinajstić information content (AvgIpc) is 2.57. The number of amides is 1. The molecule has 26 heavy (non-hydrogen) atoms. The molecule has 2 aromatic rings. The van der Waals surface area contributed by atoms with Gasteiger partial charge >= 0.3 is 0 Å². The van der Waals surface area contributed by atoms with E-state index in [2.05, 4.69) is 33.1 Å². The fourth-order valence-corrected chi connectivity index (χ4v) is 3.31. The minimum Gasteiger partial charge on any atom is -0.271 e. The van der Waals surface area contributed by atoms with Crippen molar-refractivity contribution >= 4 is 49.9 Å². The summed E-state index contributed by atoms with van der Waals surface area (Å²) < 4.78 is 39.2. The van der Waals surface area contributed by atoms with Gasteiger partial charge in [0.2, 0.25) is 10.0 Å². The first-order chi connectivity index (χ1) is 12.2. The van der Waals surface area contributed by atoms with Gasteiger partial charge in [0, 0.05) is 3.57 Å². The van der Waals surface area contributed by atoms with E-state index in [0.717, 1.165) is 25.8 Å². The zero-order valence-corrected chi connectivity index (χ0v) is 17.1. The number of hydrogen-bond acceptors (Lipinski definition) is 4. The van der Waals surface area contributed by atoms with Gasteiger partial charge in [-0.1, -0.05) is 18.2 Å². The first kappa shape index (κ1) is 20.3. The highest BCUT2D eigenvalue weighted by atomic mass is 127. The molecule has 0 bridgehead atoms. The van der Waals surface area contributed by atoms with Gasteiger partial charge < -0.3 is 0 Å². The third kappa shape index (κ3) is 5.77. The van der Waals surface area contributed by atoms with Crippen LogP contribution in [0.1, 0.15) is 12.5 Å². The number of rotatable bonds is 6. The summed E-state index contributed by atoms with van der Waals surface area (Å²) in [5, 5.41) is 3.99. The summed E-state index contributed by atoms with van der Waals surface area (Å²) in [6, 6.07) is 12.6. The van der Waals surface area contributed by atoms with Crippen molar-refractivity contribution in [2.75, 3.05) is 17.1 Å². The molecule has 0 atom stereocenters. The average molecular weight is 489 g/mol. The van der Waals surface area contributed by atoms with Crippen LogP contribution in [0.25, 0.3) is 0 Å². The fourth-order valence-electron chi connectivity index (χ4n) is 2.10. The van der Waals surface area contributed by atoms with Crippen LogP contribution in [0.15, 0.2) is 53.6 Å². The number of carbonyl (C=O) groups excluding carboxylic acids is 1. The Hall–Kier alpha value is -2.01. The molecule has 0 spiro atoms. The molecule has 9 heteroatoms. The van der Waals surface area contributed by atoms with Gasteiger partial charge in [0.05, 0.1) is 17.7 Å². The smallest absolute Gasteiger partial charge is 0.260 e. The summed E-state index contributed by atoms with van der Waals surface area (Å²) in [5.41, 5.74) is 3.80. The van der Waals surface area contributed by atoms with Gasteiger partial charge in [0.1, 0.15) is 12.4 Å². The zero-order chi connectivity index (χ0) is 19.3. The Morgan fingerprint density at radius 2 is 1.88 bits per heavy atom. The Labute approximate surface area is 165 Å². The number of benzene rings is 2. The summed E-state index contributed by atoms with van der Waals surface area (Å²) in [4.78, 5) is 12.1. The van der Waals surface area contributed by atoms with E-state index in [1.54, 1.807) is 6.92 Å². The van der Waals surface area contributed by atoms with Crippen LogP contribution in [0, 0.1) is 9.39 Å². The van der Waals surface area contributed by atoms with Crippen molar-refractivity contribution in [3.05, 3.63) is 63.5 Å². The molecule has 0 aliphatic heterocycles. The molecule has 0 heterocycles. The second kappa shape index (κ2) is 8.58. The van der Waals surface area contributed by atoms with Gasteiger partial charge in [-0.05, 0) is 65.4 Å². The van der Waals surface area contributed by atoms with Gasteiger partial charge in [-0.15, -0.1) is 0 Å². The van der Waals surface area contributed by atoms with Crippen molar-refractivity contribution in [2.24, 2.45) is 5.10 Å². The van der Waals surface area contributed by atoms with E-state index in [-0.39, 0.29) is 5.69 Å². The molecular weight excluding hydrogens is 472 g/mol. The second-order valence-electron chi connectivity index (χ2n) is 5.49. The molecule has 2 aromatic carbocycles. The maximum absolute atomic E-state index is 13.4. The SMILES string of the molecule is C/C(=N/NC(=O)CN(c1cccc(F)c1)S(C)(=O)=O)c1ccc(I)cc1. The lowest BCUT2D eigenvalue weighted by Gasteiger charge is -2.21. The van der Waals surface area contributed by atoms with Crippen molar-refractivity contribution < 1.29 is 17.6 Å². The van der Waals surface area contributed by atoms with E-state index >= 15 is 0 Å². The molecule has 1 N–H and O–H groups in total. The van der Waals surface area contributed by atoms with Gasteiger partial charge in [0.15, 0.2) is 0 Å². The molecule has 0 aromatic heterocycles. The number of hydrazone groups is 1. The molecule has 0 saturated heterocycles. The van der Waals surface area contributed by atoms with E-state index in [1.165, 1.54) is 18.2 Å². The van der Waals surface area contributed by atoms with E-state index in [4.69, 9.17) is 0 Å². The summed E-state index contributed by atoms with van der Waals surface area (Å²) in [6.45, 7) is 1.22. The largest absolute Gasteiger partial charge is 0.271 e. The molecule has 0 radical (unpaired) electrons. The number of nitrogens with zero attached hydrogens (tertiary/aromatic N) is 2. The van der Waals surface area contributed by atoms with Gasteiger partial charge in [-0.3, -0.25) is 9.10 Å². The fraction of sp³-hybridized carbons (Fsp3) is 0.176. The monoisotopic (exact) mass is 489 g/mol. The summed E-state index contributed by atoms with van der Waals surface area (Å²) >= 11 is 2.18. The van der Waals surface area contributed by atoms with Gasteiger partial charge in [-0.2, -0.15) is 5.10 Å². The van der Waals surface area contributed by atoms with E-state index in [0.29, 0.717) is 5.71 Å². The van der Waals surface area contributed by atoms with Crippen LogP contribution in [0.5, 0.6) is 0 Å². The van der Waals surface area contributed by atoms with E-state index in [1.807, 2.05) is 24.3 Å². The number of carbonyl (C=O) groups is 1. The highest BCUT2D eigenvalue weighted by molar-refractivity contribution is 14.1. The summed E-state index contributed by atoms with van der Waals surface area (Å²) in [7, 11) is -3.77. The Morgan fingerprint density at radius 3 is 2.46 bits per heavy atom. The zero-order valence-electron chi connectivity index (χ0n) is 14.1. The van der Waals surface area contributed by atoms with Gasteiger partial charge in [0.25, 0.3) is 5.91 Å². The minimum absolute atomic E-state index is 0.0704. The van der Waals surface area contributed by atoms with Crippen molar-refractivity contribution in [3.8, 4) is 0 Å². The predicted molar refractivity (Wildman–Crippen MR) is 108 cm³/mol. The molecule has 0 aliphatic carbocycles. The van der Waals surface area contributed by atoms with E-state index < -0.39 is 28.3 Å². The third-order valence-corrected chi connectivity index (χ3v) is 5.25. The van der Waals surface area contributed by atoms with Crippen LogP contribution >= 0.6 is 22.6 Å². The molecule has 0 saturated carbocycles. The maximum Gasteiger partial charge on any atom is 0.260 e. The predicted octanol–water partition coefficient (Wildman–Crippen LogP) is 2.74. The molecule has 0 aliphatic rings. The lowest BCUT2D eigenvalue weighted by atomic mass is 10.1. The first-order valence-corrected chi connectivity index (χ1v) is 10.4. The Morgan fingerprint density at radius 1 is 1.23 bits per heavy atom. The van der Waals surface area contributed by atoms with Crippen molar-refractivity contribution in [1.29, 1.82) is 0 Å². The number of sulfonamides is 1. The standard InChI is InChI=1S/C17H17FIN3O3S/c1-12(13-6-8-15(19)9-7-13)20-21-17(23)11-22(26(2,24)25)16-5-3-4-14(18)10-16/h3-10H,11H2,1-2H3,(H,21,23)/b20-12-. The highest BCUT2D eigenvalue weighted by Crippen LogP contribution is 2.18. The number of halogens is 2. The number of nitrogens with one attached hydrogen (secondary N) is 1. The highest BCUT2D eigenvalue weighted by Gasteiger charge is 2.21. The lowest BCUT2D eigenvalue weighted by Crippen LogP contribution is -2.39.